The molecule has 2 nitrogen and oxygen atoms in total. The Morgan fingerprint density at radius 1 is 1.00 bits per heavy atom. The summed E-state index contributed by atoms with van der Waals surface area (Å²) in [7, 11) is 0. The van der Waals surface area contributed by atoms with E-state index in [0.717, 1.165) is 17.2 Å². The third-order valence-corrected chi connectivity index (χ3v) is 2.66. The SMILES string of the molecule is Cc1ccc(Oc2cccnc2C)cc1C. The smallest absolute Gasteiger partial charge is 0.148 e. The average Bonchev–Trinajstić information content (AvgIpc) is 2.27. The largest absolute Gasteiger partial charge is 0.455 e. The molecular weight excluding hydrogens is 198 g/mol. The summed E-state index contributed by atoms with van der Waals surface area (Å²) in [4.78, 5) is 4.19. The third kappa shape index (κ3) is 2.22. The van der Waals surface area contributed by atoms with E-state index in [9.17, 15) is 0 Å². The minimum Gasteiger partial charge on any atom is -0.455 e. The second-order valence-corrected chi connectivity index (χ2v) is 3.94. The van der Waals surface area contributed by atoms with Gasteiger partial charge in [0.15, 0.2) is 0 Å². The van der Waals surface area contributed by atoms with Gasteiger partial charge in [-0.3, -0.25) is 4.98 Å². The molecule has 0 atom stereocenters. The molecule has 0 saturated heterocycles. The number of nitrogens with zero attached hydrogens (tertiary/aromatic N) is 1. The first-order chi connectivity index (χ1) is 7.66. The highest BCUT2D eigenvalue weighted by molar-refractivity contribution is 5.38. The van der Waals surface area contributed by atoms with Crippen LogP contribution in [0.1, 0.15) is 16.8 Å². The van der Waals surface area contributed by atoms with E-state index in [1.807, 2.05) is 31.2 Å². The highest BCUT2D eigenvalue weighted by atomic mass is 16.5. The third-order valence-electron chi connectivity index (χ3n) is 2.66. The summed E-state index contributed by atoms with van der Waals surface area (Å²) in [6, 6.07) is 9.90. The lowest BCUT2D eigenvalue weighted by molar-refractivity contribution is 0.475. The molecule has 0 saturated carbocycles. The van der Waals surface area contributed by atoms with Gasteiger partial charge in [0.2, 0.25) is 0 Å². The van der Waals surface area contributed by atoms with Crippen LogP contribution in [0.2, 0.25) is 0 Å². The maximum absolute atomic E-state index is 5.78. The Morgan fingerprint density at radius 3 is 2.50 bits per heavy atom. The second-order valence-electron chi connectivity index (χ2n) is 3.94. The number of benzene rings is 1. The molecule has 0 bridgehead atoms. The van der Waals surface area contributed by atoms with Gasteiger partial charge >= 0.3 is 0 Å². The Kier molecular flexibility index (Phi) is 2.91. The number of ether oxygens (including phenoxy) is 1. The number of aromatic nitrogens is 1. The lowest BCUT2D eigenvalue weighted by atomic mass is 10.1. The fraction of sp³-hybridized carbons (Fsp3) is 0.214. The summed E-state index contributed by atoms with van der Waals surface area (Å²) in [5.74, 6) is 1.67. The topological polar surface area (TPSA) is 22.1 Å². The van der Waals surface area contributed by atoms with Gasteiger partial charge in [0.1, 0.15) is 11.5 Å². The molecule has 0 N–H and O–H groups in total. The van der Waals surface area contributed by atoms with Gasteiger partial charge < -0.3 is 4.74 Å². The Balaban J connectivity index is 2.28. The summed E-state index contributed by atoms with van der Waals surface area (Å²) in [5.41, 5.74) is 3.41. The van der Waals surface area contributed by atoms with Gasteiger partial charge in [-0.1, -0.05) is 6.07 Å². The van der Waals surface area contributed by atoms with Crippen LogP contribution >= 0.6 is 0 Å². The predicted molar refractivity (Wildman–Crippen MR) is 65.0 cm³/mol. The summed E-state index contributed by atoms with van der Waals surface area (Å²) >= 11 is 0. The maximum Gasteiger partial charge on any atom is 0.148 e. The van der Waals surface area contributed by atoms with Gasteiger partial charge in [0.05, 0.1) is 5.69 Å². The molecule has 1 heterocycles. The number of pyridine rings is 1. The van der Waals surface area contributed by atoms with Crippen LogP contribution in [0.4, 0.5) is 0 Å². The van der Waals surface area contributed by atoms with E-state index in [1.165, 1.54) is 11.1 Å². The van der Waals surface area contributed by atoms with Crippen molar-refractivity contribution in [1.82, 2.24) is 4.98 Å². The molecule has 2 aromatic rings. The Labute approximate surface area is 95.9 Å². The van der Waals surface area contributed by atoms with Gasteiger partial charge in [-0.15, -0.1) is 0 Å². The molecule has 16 heavy (non-hydrogen) atoms. The van der Waals surface area contributed by atoms with Crippen molar-refractivity contribution in [3.8, 4) is 11.5 Å². The number of rotatable bonds is 2. The van der Waals surface area contributed by atoms with Gasteiger partial charge in [0, 0.05) is 6.20 Å². The quantitative estimate of drug-likeness (QED) is 0.757. The standard InChI is InChI=1S/C14H15NO/c1-10-6-7-13(9-11(10)2)16-14-5-4-8-15-12(14)3/h4-9H,1-3H3. The molecule has 2 rings (SSSR count). The van der Waals surface area contributed by atoms with Crippen molar-refractivity contribution >= 4 is 0 Å². The van der Waals surface area contributed by atoms with Crippen molar-refractivity contribution < 1.29 is 4.74 Å². The van der Waals surface area contributed by atoms with Crippen molar-refractivity contribution in [1.29, 1.82) is 0 Å². The molecule has 0 spiro atoms. The molecule has 0 unspecified atom stereocenters. The first-order valence-electron chi connectivity index (χ1n) is 5.33. The van der Waals surface area contributed by atoms with Crippen LogP contribution in [0.25, 0.3) is 0 Å². The molecule has 82 valence electrons. The van der Waals surface area contributed by atoms with E-state index in [-0.39, 0.29) is 0 Å². The van der Waals surface area contributed by atoms with Crippen LogP contribution in [0.5, 0.6) is 11.5 Å². The molecule has 0 aliphatic rings. The number of hydrogen-bond donors (Lipinski definition) is 0. The molecule has 0 radical (unpaired) electrons. The monoisotopic (exact) mass is 213 g/mol. The van der Waals surface area contributed by atoms with Crippen LogP contribution in [-0.2, 0) is 0 Å². The fourth-order valence-corrected chi connectivity index (χ4v) is 1.48. The molecule has 0 fully saturated rings. The molecule has 2 heteroatoms. The van der Waals surface area contributed by atoms with E-state index in [4.69, 9.17) is 4.74 Å². The fourth-order valence-electron chi connectivity index (χ4n) is 1.48. The van der Waals surface area contributed by atoms with Crippen LogP contribution < -0.4 is 4.74 Å². The summed E-state index contributed by atoms with van der Waals surface area (Å²) in [6.45, 7) is 6.11. The molecule has 0 amide bonds. The highest BCUT2D eigenvalue weighted by Gasteiger charge is 2.02. The van der Waals surface area contributed by atoms with Crippen molar-refractivity contribution in [2.75, 3.05) is 0 Å². The lowest BCUT2D eigenvalue weighted by Gasteiger charge is -2.09. The molecule has 1 aromatic heterocycles. The minimum absolute atomic E-state index is 0.811. The number of aryl methyl sites for hydroxylation is 3. The zero-order valence-electron chi connectivity index (χ0n) is 9.82. The van der Waals surface area contributed by atoms with E-state index in [1.54, 1.807) is 6.20 Å². The average molecular weight is 213 g/mol. The van der Waals surface area contributed by atoms with Gasteiger partial charge in [-0.05, 0) is 56.2 Å². The van der Waals surface area contributed by atoms with Crippen LogP contribution in [0.15, 0.2) is 36.5 Å². The van der Waals surface area contributed by atoms with Crippen molar-refractivity contribution in [3.05, 3.63) is 53.3 Å². The van der Waals surface area contributed by atoms with Crippen molar-refractivity contribution in [3.63, 3.8) is 0 Å². The van der Waals surface area contributed by atoms with Gasteiger partial charge in [-0.25, -0.2) is 0 Å². The molecule has 1 aromatic carbocycles. The van der Waals surface area contributed by atoms with Gasteiger partial charge in [-0.2, -0.15) is 0 Å². The minimum atomic E-state index is 0.811. The van der Waals surface area contributed by atoms with Crippen LogP contribution in [-0.4, -0.2) is 4.98 Å². The first-order valence-corrected chi connectivity index (χ1v) is 5.33. The predicted octanol–water partition coefficient (Wildman–Crippen LogP) is 3.80. The van der Waals surface area contributed by atoms with E-state index >= 15 is 0 Å². The molecule has 0 aliphatic carbocycles. The Hall–Kier alpha value is -1.83. The van der Waals surface area contributed by atoms with Crippen LogP contribution in [0, 0.1) is 20.8 Å². The zero-order chi connectivity index (χ0) is 11.5. The Morgan fingerprint density at radius 2 is 1.81 bits per heavy atom. The van der Waals surface area contributed by atoms with Crippen LogP contribution in [0.3, 0.4) is 0 Å². The van der Waals surface area contributed by atoms with E-state index in [2.05, 4.69) is 24.9 Å². The van der Waals surface area contributed by atoms with Crippen molar-refractivity contribution in [2.45, 2.75) is 20.8 Å². The second kappa shape index (κ2) is 4.35. The molecular formula is C14H15NO. The number of hydrogen-bond acceptors (Lipinski definition) is 2. The first kappa shape index (κ1) is 10.7. The summed E-state index contributed by atoms with van der Waals surface area (Å²) < 4.78 is 5.78. The van der Waals surface area contributed by atoms with Crippen molar-refractivity contribution in [2.24, 2.45) is 0 Å². The van der Waals surface area contributed by atoms with Gasteiger partial charge in [0.25, 0.3) is 0 Å². The summed E-state index contributed by atoms with van der Waals surface area (Å²) in [5, 5.41) is 0. The normalized spacial score (nSPS) is 10.2. The zero-order valence-corrected chi connectivity index (χ0v) is 9.82. The van der Waals surface area contributed by atoms with E-state index < -0.39 is 0 Å². The molecule has 0 aliphatic heterocycles. The Bertz CT molecular complexity index is 506. The highest BCUT2D eigenvalue weighted by Crippen LogP contribution is 2.24. The maximum atomic E-state index is 5.78. The lowest BCUT2D eigenvalue weighted by Crippen LogP contribution is -1.90. The van der Waals surface area contributed by atoms with E-state index in [0.29, 0.717) is 0 Å². The summed E-state index contributed by atoms with van der Waals surface area (Å²) in [6.07, 6.45) is 1.77.